The summed E-state index contributed by atoms with van der Waals surface area (Å²) in [6.07, 6.45) is 0. The van der Waals surface area contributed by atoms with Crippen molar-refractivity contribution in [2.24, 2.45) is 0 Å². The lowest BCUT2D eigenvalue weighted by Crippen LogP contribution is -1.94. The Kier molecular flexibility index (Phi) is 3.54. The summed E-state index contributed by atoms with van der Waals surface area (Å²) >= 11 is 0. The van der Waals surface area contributed by atoms with E-state index in [0.29, 0.717) is 0 Å². The van der Waals surface area contributed by atoms with Crippen molar-refractivity contribution in [1.82, 2.24) is 4.57 Å². The van der Waals surface area contributed by atoms with Gasteiger partial charge in [-0.15, -0.1) is 0 Å². The number of aromatic nitrogens is 1. The Hall–Kier alpha value is -4.10. The van der Waals surface area contributed by atoms with E-state index in [9.17, 15) is 0 Å². The number of benzene rings is 6. The first-order valence-corrected chi connectivity index (χ1v) is 11.1. The highest BCUT2D eigenvalue weighted by atomic mass is 15.0. The van der Waals surface area contributed by atoms with Crippen molar-refractivity contribution in [3.8, 4) is 5.69 Å². The summed E-state index contributed by atoms with van der Waals surface area (Å²) in [4.78, 5) is 0. The van der Waals surface area contributed by atoms with Gasteiger partial charge >= 0.3 is 0 Å². The molecule has 6 aromatic carbocycles. The third-order valence-corrected chi connectivity index (χ3v) is 6.89. The molecule has 7 rings (SSSR count). The third-order valence-electron chi connectivity index (χ3n) is 6.89. The normalized spacial score (nSPS) is 11.9. The van der Waals surface area contributed by atoms with E-state index >= 15 is 0 Å². The molecule has 0 unspecified atom stereocenters. The molecule has 0 aliphatic rings. The van der Waals surface area contributed by atoms with Crippen LogP contribution in [0.15, 0.2) is 109 Å². The fourth-order valence-corrected chi connectivity index (χ4v) is 5.51. The van der Waals surface area contributed by atoms with Gasteiger partial charge in [0.15, 0.2) is 0 Å². The number of aryl methyl sites for hydroxylation is 1. The lowest BCUT2D eigenvalue weighted by molar-refractivity contribution is 1.19. The molecule has 0 aliphatic heterocycles. The molecular formula is C31H21N. The largest absolute Gasteiger partial charge is 0.309 e. The summed E-state index contributed by atoms with van der Waals surface area (Å²) < 4.78 is 2.42. The average Bonchev–Trinajstić information content (AvgIpc) is 3.19. The minimum absolute atomic E-state index is 1.20. The Morgan fingerprint density at radius 1 is 0.438 bits per heavy atom. The standard InChI is InChI=1S/C31H21N/c1-20-9-8-16-30-31(20)27-14-6-7-15-29(27)32(30)21-17-18-26-24-12-3-2-10-22(24)23-11-4-5-13-25(23)28(26)19-21/h2-19H,1H3. The van der Waals surface area contributed by atoms with E-state index in [2.05, 4.69) is 121 Å². The Morgan fingerprint density at radius 3 is 1.66 bits per heavy atom. The fraction of sp³-hybridized carbons (Fsp3) is 0.0323. The van der Waals surface area contributed by atoms with Gasteiger partial charge in [0.25, 0.3) is 0 Å². The molecule has 150 valence electrons. The Bertz CT molecular complexity index is 1800. The predicted octanol–water partition coefficient (Wildman–Crippen LogP) is 8.55. The van der Waals surface area contributed by atoms with Crippen LogP contribution in [0.25, 0.3) is 59.8 Å². The SMILES string of the molecule is Cc1cccc2c1c1ccccc1n2-c1ccc2c3ccccc3c3ccccc3c2c1. The summed E-state index contributed by atoms with van der Waals surface area (Å²) in [7, 11) is 0. The number of nitrogens with zero attached hydrogens (tertiary/aromatic N) is 1. The molecule has 1 heterocycles. The van der Waals surface area contributed by atoms with E-state index in [0.717, 1.165) is 0 Å². The maximum absolute atomic E-state index is 2.42. The van der Waals surface area contributed by atoms with Gasteiger partial charge in [-0.2, -0.15) is 0 Å². The Morgan fingerprint density at radius 2 is 0.969 bits per heavy atom. The molecular weight excluding hydrogens is 386 g/mol. The van der Waals surface area contributed by atoms with Crippen molar-refractivity contribution >= 4 is 54.1 Å². The summed E-state index contributed by atoms with van der Waals surface area (Å²) in [5.74, 6) is 0. The first-order chi connectivity index (χ1) is 15.8. The van der Waals surface area contributed by atoms with Gasteiger partial charge in [-0.1, -0.05) is 84.9 Å². The fourth-order valence-electron chi connectivity index (χ4n) is 5.51. The molecule has 0 N–H and O–H groups in total. The number of para-hydroxylation sites is 1. The maximum atomic E-state index is 2.42. The van der Waals surface area contributed by atoms with E-state index in [4.69, 9.17) is 0 Å². The maximum Gasteiger partial charge on any atom is 0.0543 e. The van der Waals surface area contributed by atoms with Crippen molar-refractivity contribution in [2.45, 2.75) is 6.92 Å². The van der Waals surface area contributed by atoms with Crippen molar-refractivity contribution in [1.29, 1.82) is 0 Å². The van der Waals surface area contributed by atoms with E-state index in [-0.39, 0.29) is 0 Å². The molecule has 0 aliphatic carbocycles. The minimum atomic E-state index is 1.20. The molecule has 0 saturated heterocycles. The summed E-state index contributed by atoms with van der Waals surface area (Å²) in [6.45, 7) is 2.21. The second kappa shape index (κ2) is 6.45. The number of rotatable bonds is 1. The molecule has 1 heteroatoms. The number of hydrogen-bond donors (Lipinski definition) is 0. The Balaban J connectivity index is 1.66. The van der Waals surface area contributed by atoms with Crippen LogP contribution in [0.3, 0.4) is 0 Å². The molecule has 1 aromatic heterocycles. The molecule has 1 nitrogen and oxygen atoms in total. The van der Waals surface area contributed by atoms with Gasteiger partial charge < -0.3 is 4.57 Å². The van der Waals surface area contributed by atoms with Crippen LogP contribution in [0, 0.1) is 6.92 Å². The molecule has 0 bridgehead atoms. The lowest BCUT2D eigenvalue weighted by atomic mass is 9.94. The smallest absolute Gasteiger partial charge is 0.0543 e. The zero-order chi connectivity index (χ0) is 21.2. The van der Waals surface area contributed by atoms with E-state index in [1.54, 1.807) is 0 Å². The molecule has 0 saturated carbocycles. The lowest BCUT2D eigenvalue weighted by Gasteiger charge is -2.13. The summed E-state index contributed by atoms with van der Waals surface area (Å²) in [5, 5.41) is 10.5. The van der Waals surface area contributed by atoms with Crippen molar-refractivity contribution in [3.63, 3.8) is 0 Å². The van der Waals surface area contributed by atoms with Crippen LogP contribution in [-0.2, 0) is 0 Å². The predicted molar refractivity (Wildman–Crippen MR) is 138 cm³/mol. The molecule has 32 heavy (non-hydrogen) atoms. The number of fused-ring (bicyclic) bond motifs is 9. The monoisotopic (exact) mass is 407 g/mol. The van der Waals surface area contributed by atoms with Crippen LogP contribution in [0.5, 0.6) is 0 Å². The topological polar surface area (TPSA) is 4.93 Å². The van der Waals surface area contributed by atoms with Gasteiger partial charge in [0, 0.05) is 16.5 Å². The zero-order valence-electron chi connectivity index (χ0n) is 17.8. The molecule has 7 aromatic rings. The van der Waals surface area contributed by atoms with Crippen LogP contribution in [0.1, 0.15) is 5.56 Å². The first kappa shape index (κ1) is 17.6. The highest BCUT2D eigenvalue weighted by Crippen LogP contribution is 2.38. The van der Waals surface area contributed by atoms with Crippen molar-refractivity contribution in [3.05, 3.63) is 115 Å². The summed E-state index contributed by atoms with van der Waals surface area (Å²) in [5.41, 5.74) is 5.03. The van der Waals surface area contributed by atoms with Crippen LogP contribution in [0.2, 0.25) is 0 Å². The minimum Gasteiger partial charge on any atom is -0.309 e. The molecule has 0 atom stereocenters. The van der Waals surface area contributed by atoms with Crippen LogP contribution in [-0.4, -0.2) is 4.57 Å². The molecule has 0 spiro atoms. The van der Waals surface area contributed by atoms with Crippen molar-refractivity contribution in [2.75, 3.05) is 0 Å². The van der Waals surface area contributed by atoms with Gasteiger partial charge in [0.1, 0.15) is 0 Å². The average molecular weight is 408 g/mol. The second-order valence-electron chi connectivity index (χ2n) is 8.64. The quantitative estimate of drug-likeness (QED) is 0.240. The summed E-state index contributed by atoms with van der Waals surface area (Å²) in [6, 6.07) is 39.8. The highest BCUT2D eigenvalue weighted by Gasteiger charge is 2.15. The molecule has 0 fully saturated rings. The van der Waals surface area contributed by atoms with Crippen LogP contribution in [0.4, 0.5) is 0 Å². The van der Waals surface area contributed by atoms with Gasteiger partial charge in [-0.25, -0.2) is 0 Å². The zero-order valence-corrected chi connectivity index (χ0v) is 17.8. The Labute approximate surface area is 186 Å². The van der Waals surface area contributed by atoms with Crippen LogP contribution >= 0.6 is 0 Å². The molecule has 0 radical (unpaired) electrons. The number of hydrogen-bond acceptors (Lipinski definition) is 0. The van der Waals surface area contributed by atoms with Gasteiger partial charge in [-0.3, -0.25) is 0 Å². The van der Waals surface area contributed by atoms with Gasteiger partial charge in [0.05, 0.1) is 11.0 Å². The third kappa shape index (κ3) is 2.28. The highest BCUT2D eigenvalue weighted by molar-refractivity contribution is 6.25. The van der Waals surface area contributed by atoms with E-state index in [1.165, 1.54) is 65.4 Å². The second-order valence-corrected chi connectivity index (χ2v) is 8.64. The first-order valence-electron chi connectivity index (χ1n) is 11.1. The molecule has 0 amide bonds. The van der Waals surface area contributed by atoms with E-state index < -0.39 is 0 Å². The van der Waals surface area contributed by atoms with Crippen LogP contribution < -0.4 is 0 Å². The van der Waals surface area contributed by atoms with Gasteiger partial charge in [-0.05, 0) is 69.1 Å². The van der Waals surface area contributed by atoms with E-state index in [1.807, 2.05) is 0 Å². The van der Waals surface area contributed by atoms with Crippen molar-refractivity contribution < 1.29 is 0 Å². The van der Waals surface area contributed by atoms with Gasteiger partial charge in [0.2, 0.25) is 0 Å².